The Kier molecular flexibility index (Phi) is 4.62. The number of likely N-dealkylation sites (N-methyl/N-ethyl adjacent to an activating group) is 1. The van der Waals surface area contributed by atoms with E-state index in [0.29, 0.717) is 19.4 Å². The maximum atomic E-state index is 11.5. The summed E-state index contributed by atoms with van der Waals surface area (Å²) in [6.45, 7) is 0.512. The monoisotopic (exact) mass is 277 g/mol. The van der Waals surface area contributed by atoms with Crippen molar-refractivity contribution >= 4 is 6.09 Å². The molecule has 5 nitrogen and oxygen atoms in total. The highest BCUT2D eigenvalue weighted by atomic mass is 16.4. The minimum atomic E-state index is -0.857. The van der Waals surface area contributed by atoms with E-state index in [9.17, 15) is 9.90 Å². The molecule has 0 radical (unpaired) electrons. The summed E-state index contributed by atoms with van der Waals surface area (Å²) in [6, 6.07) is 9.94. The van der Waals surface area contributed by atoms with Crippen molar-refractivity contribution in [3.8, 4) is 0 Å². The van der Waals surface area contributed by atoms with Crippen molar-refractivity contribution in [1.29, 1.82) is 0 Å². The lowest BCUT2D eigenvalue weighted by atomic mass is 9.87. The minimum Gasteiger partial charge on any atom is -0.465 e. The second-order valence-corrected chi connectivity index (χ2v) is 5.64. The van der Waals surface area contributed by atoms with Crippen LogP contribution in [0, 0.1) is 0 Å². The average Bonchev–Trinajstić information content (AvgIpc) is 2.39. The van der Waals surface area contributed by atoms with Gasteiger partial charge in [-0.2, -0.15) is 0 Å². The molecule has 2 rings (SSSR count). The molecule has 20 heavy (non-hydrogen) atoms. The first-order valence-electron chi connectivity index (χ1n) is 6.96. The molecule has 0 spiro atoms. The number of rotatable bonds is 3. The van der Waals surface area contributed by atoms with Crippen LogP contribution < -0.4 is 5.73 Å². The molecule has 0 aliphatic carbocycles. The van der Waals surface area contributed by atoms with Gasteiger partial charge in [0.1, 0.15) is 0 Å². The third-order valence-electron chi connectivity index (χ3n) is 4.07. The van der Waals surface area contributed by atoms with Gasteiger partial charge in [-0.05, 0) is 32.5 Å². The second kappa shape index (κ2) is 6.24. The van der Waals surface area contributed by atoms with Gasteiger partial charge >= 0.3 is 6.09 Å². The van der Waals surface area contributed by atoms with E-state index in [1.165, 1.54) is 0 Å². The molecule has 1 aromatic rings. The second-order valence-electron chi connectivity index (χ2n) is 5.64. The summed E-state index contributed by atoms with van der Waals surface area (Å²) in [6.07, 6.45) is 0.550. The Labute approximate surface area is 120 Å². The normalized spacial score (nSPS) is 26.8. The smallest absolute Gasteiger partial charge is 0.407 e. The Bertz CT molecular complexity index is 450. The van der Waals surface area contributed by atoms with Crippen LogP contribution in [0.25, 0.3) is 0 Å². The van der Waals surface area contributed by atoms with E-state index in [4.69, 9.17) is 5.73 Å². The van der Waals surface area contributed by atoms with Crippen LogP contribution in [0.4, 0.5) is 4.79 Å². The maximum Gasteiger partial charge on any atom is 0.407 e. The van der Waals surface area contributed by atoms with E-state index in [0.717, 1.165) is 5.56 Å². The number of carbonyl (C=O) groups is 1. The molecular weight excluding hydrogens is 254 g/mol. The molecule has 1 amide bonds. The zero-order chi connectivity index (χ0) is 14.7. The molecule has 3 atom stereocenters. The highest BCUT2D eigenvalue weighted by Crippen LogP contribution is 2.24. The fraction of sp³-hybridized carbons (Fsp3) is 0.533. The molecule has 1 heterocycles. The summed E-state index contributed by atoms with van der Waals surface area (Å²) in [5, 5.41) is 9.44. The van der Waals surface area contributed by atoms with Crippen molar-refractivity contribution in [2.75, 3.05) is 20.6 Å². The number of benzene rings is 1. The van der Waals surface area contributed by atoms with Crippen LogP contribution in [0.3, 0.4) is 0 Å². The number of hydrogen-bond acceptors (Lipinski definition) is 3. The summed E-state index contributed by atoms with van der Waals surface area (Å²) >= 11 is 0. The number of carboxylic acid groups (broad SMARTS) is 1. The molecule has 1 saturated heterocycles. The molecule has 0 aromatic heterocycles. The standard InChI is InChI=1S/C15H23N3O2/c1-17(2)14-12(16)8-9-18(15(19)20)13(14)10-11-6-4-3-5-7-11/h3-7,12-14H,8-10,16H2,1-2H3,(H,19,20)/t12-,13?,14-/m0/s1. The predicted molar refractivity (Wildman–Crippen MR) is 78.7 cm³/mol. The first-order valence-corrected chi connectivity index (χ1v) is 6.96. The van der Waals surface area contributed by atoms with Crippen molar-refractivity contribution in [3.05, 3.63) is 35.9 Å². The van der Waals surface area contributed by atoms with Crippen LogP contribution in [-0.4, -0.2) is 59.8 Å². The van der Waals surface area contributed by atoms with Crippen molar-refractivity contribution in [2.45, 2.75) is 31.0 Å². The molecule has 5 heteroatoms. The van der Waals surface area contributed by atoms with Gasteiger partial charge in [0.15, 0.2) is 0 Å². The Morgan fingerprint density at radius 1 is 1.40 bits per heavy atom. The van der Waals surface area contributed by atoms with Crippen LogP contribution in [0.2, 0.25) is 0 Å². The third-order valence-corrected chi connectivity index (χ3v) is 4.07. The van der Waals surface area contributed by atoms with Crippen molar-refractivity contribution in [2.24, 2.45) is 5.73 Å². The summed E-state index contributed by atoms with van der Waals surface area (Å²) < 4.78 is 0. The third kappa shape index (κ3) is 3.11. The van der Waals surface area contributed by atoms with Crippen LogP contribution in [0.1, 0.15) is 12.0 Å². The zero-order valence-electron chi connectivity index (χ0n) is 12.1. The van der Waals surface area contributed by atoms with Gasteiger partial charge in [-0.15, -0.1) is 0 Å². The lowest BCUT2D eigenvalue weighted by Gasteiger charge is -2.46. The minimum absolute atomic E-state index is 0.00862. The van der Waals surface area contributed by atoms with Crippen LogP contribution in [-0.2, 0) is 6.42 Å². The Morgan fingerprint density at radius 2 is 2.05 bits per heavy atom. The molecule has 0 bridgehead atoms. The Hall–Kier alpha value is -1.59. The van der Waals surface area contributed by atoms with Gasteiger partial charge in [0.2, 0.25) is 0 Å². The molecule has 3 N–H and O–H groups in total. The largest absolute Gasteiger partial charge is 0.465 e. The molecule has 1 unspecified atom stereocenters. The summed E-state index contributed by atoms with van der Waals surface area (Å²) in [4.78, 5) is 15.1. The fourth-order valence-corrected chi connectivity index (χ4v) is 3.15. The molecule has 1 aliphatic heterocycles. The number of piperidine rings is 1. The lowest BCUT2D eigenvalue weighted by Crippen LogP contribution is -2.64. The van der Waals surface area contributed by atoms with E-state index in [1.807, 2.05) is 49.3 Å². The average molecular weight is 277 g/mol. The first kappa shape index (κ1) is 14.8. The molecule has 110 valence electrons. The van der Waals surface area contributed by atoms with Crippen LogP contribution >= 0.6 is 0 Å². The van der Waals surface area contributed by atoms with E-state index < -0.39 is 6.09 Å². The zero-order valence-corrected chi connectivity index (χ0v) is 12.1. The van der Waals surface area contributed by atoms with Gasteiger partial charge < -0.3 is 20.6 Å². The van der Waals surface area contributed by atoms with E-state index in [2.05, 4.69) is 0 Å². The van der Waals surface area contributed by atoms with Crippen LogP contribution in [0.15, 0.2) is 30.3 Å². The number of amides is 1. The van der Waals surface area contributed by atoms with Crippen molar-refractivity contribution in [1.82, 2.24) is 9.80 Å². The molecule has 0 saturated carbocycles. The number of nitrogens with zero attached hydrogens (tertiary/aromatic N) is 2. The summed E-state index contributed by atoms with van der Waals surface area (Å²) in [5.41, 5.74) is 7.37. The van der Waals surface area contributed by atoms with Gasteiger partial charge in [0.25, 0.3) is 0 Å². The van der Waals surface area contributed by atoms with Gasteiger partial charge in [-0.3, -0.25) is 0 Å². The van der Waals surface area contributed by atoms with E-state index in [-0.39, 0.29) is 18.1 Å². The van der Waals surface area contributed by atoms with E-state index in [1.54, 1.807) is 4.90 Å². The van der Waals surface area contributed by atoms with Gasteiger partial charge in [0.05, 0.1) is 6.04 Å². The molecular formula is C15H23N3O2. The van der Waals surface area contributed by atoms with Gasteiger partial charge in [0, 0.05) is 18.6 Å². The van der Waals surface area contributed by atoms with Crippen molar-refractivity contribution < 1.29 is 9.90 Å². The molecule has 1 aliphatic rings. The summed E-state index contributed by atoms with van der Waals surface area (Å²) in [5.74, 6) is 0. The Balaban J connectivity index is 2.26. The highest BCUT2D eigenvalue weighted by molar-refractivity contribution is 5.66. The van der Waals surface area contributed by atoms with Crippen molar-refractivity contribution in [3.63, 3.8) is 0 Å². The van der Waals surface area contributed by atoms with Gasteiger partial charge in [-0.1, -0.05) is 30.3 Å². The lowest BCUT2D eigenvalue weighted by molar-refractivity contribution is 0.0493. The SMILES string of the molecule is CN(C)[C@@H]1C(Cc2ccccc2)N(C(=O)O)CC[C@@H]1N. The highest BCUT2D eigenvalue weighted by Gasteiger charge is 2.39. The fourth-order valence-electron chi connectivity index (χ4n) is 3.15. The molecule has 1 fully saturated rings. The van der Waals surface area contributed by atoms with Gasteiger partial charge in [-0.25, -0.2) is 4.79 Å². The van der Waals surface area contributed by atoms with Crippen LogP contribution in [0.5, 0.6) is 0 Å². The number of nitrogens with two attached hydrogens (primary N) is 1. The van der Waals surface area contributed by atoms with E-state index >= 15 is 0 Å². The predicted octanol–water partition coefficient (Wildman–Crippen LogP) is 1.24. The summed E-state index contributed by atoms with van der Waals surface area (Å²) in [7, 11) is 3.93. The quantitative estimate of drug-likeness (QED) is 0.872. The Morgan fingerprint density at radius 3 is 2.60 bits per heavy atom. The molecule has 1 aromatic carbocycles. The number of likely N-dealkylation sites (tertiary alicyclic amines) is 1. The number of hydrogen-bond donors (Lipinski definition) is 2. The first-order chi connectivity index (χ1) is 9.50. The topological polar surface area (TPSA) is 69.8 Å². The maximum absolute atomic E-state index is 11.5.